The second kappa shape index (κ2) is 5.72. The molecule has 1 unspecified atom stereocenters. The molecular formula is C4H8NO3S2-. The molecule has 60 valence electrons. The van der Waals surface area contributed by atoms with Gasteiger partial charge in [0.05, 0.1) is 23.0 Å². The Bertz CT molecular complexity index is 122. The Morgan fingerprint density at radius 2 is 2.40 bits per heavy atom. The Morgan fingerprint density at radius 1 is 1.80 bits per heavy atom. The first-order chi connectivity index (χ1) is 4.63. The molecule has 1 atom stereocenters. The maximum atomic E-state index is 9.76. The van der Waals surface area contributed by atoms with Crippen molar-refractivity contribution >= 4 is 28.6 Å². The van der Waals surface area contributed by atoms with Crippen molar-refractivity contribution in [2.24, 2.45) is 5.73 Å². The van der Waals surface area contributed by atoms with E-state index in [2.05, 4.69) is 16.4 Å². The SMILES string of the molecule is NC(=S)CCCOS(=O)[O-]. The second-order valence-electron chi connectivity index (χ2n) is 1.60. The van der Waals surface area contributed by atoms with Gasteiger partial charge < -0.3 is 14.5 Å². The quantitative estimate of drug-likeness (QED) is 0.364. The summed E-state index contributed by atoms with van der Waals surface area (Å²) in [5.74, 6) is 0. The monoisotopic (exact) mass is 182 g/mol. The molecule has 0 bridgehead atoms. The van der Waals surface area contributed by atoms with E-state index in [-0.39, 0.29) is 6.61 Å². The van der Waals surface area contributed by atoms with Crippen molar-refractivity contribution in [3.63, 3.8) is 0 Å². The van der Waals surface area contributed by atoms with Gasteiger partial charge in [0.15, 0.2) is 0 Å². The predicted octanol–water partition coefficient (Wildman–Crippen LogP) is -0.137. The fraction of sp³-hybridized carbons (Fsp3) is 0.750. The first-order valence-electron chi connectivity index (χ1n) is 2.64. The molecule has 0 aliphatic heterocycles. The maximum absolute atomic E-state index is 9.76. The fourth-order valence-electron chi connectivity index (χ4n) is 0.373. The van der Waals surface area contributed by atoms with Crippen LogP contribution < -0.4 is 5.73 Å². The van der Waals surface area contributed by atoms with Gasteiger partial charge in [0.25, 0.3) is 0 Å². The summed E-state index contributed by atoms with van der Waals surface area (Å²) in [6, 6.07) is 0. The van der Waals surface area contributed by atoms with E-state index in [1.165, 1.54) is 0 Å². The van der Waals surface area contributed by atoms with E-state index < -0.39 is 11.4 Å². The predicted molar refractivity (Wildman–Crippen MR) is 40.9 cm³/mol. The highest BCUT2D eigenvalue weighted by Crippen LogP contribution is 1.90. The molecule has 10 heavy (non-hydrogen) atoms. The van der Waals surface area contributed by atoms with Gasteiger partial charge in [0.1, 0.15) is 0 Å². The summed E-state index contributed by atoms with van der Waals surface area (Å²) in [6.45, 7) is 0.146. The Kier molecular flexibility index (Phi) is 5.70. The largest absolute Gasteiger partial charge is 0.750 e. The lowest BCUT2D eigenvalue weighted by Gasteiger charge is -2.03. The van der Waals surface area contributed by atoms with Gasteiger partial charge >= 0.3 is 0 Å². The van der Waals surface area contributed by atoms with Crippen LogP contribution in [0.3, 0.4) is 0 Å². The van der Waals surface area contributed by atoms with E-state index in [1.807, 2.05) is 0 Å². The molecule has 0 aromatic carbocycles. The topological polar surface area (TPSA) is 75.4 Å². The van der Waals surface area contributed by atoms with E-state index in [4.69, 9.17) is 5.73 Å². The number of nitrogens with two attached hydrogens (primary N) is 1. The van der Waals surface area contributed by atoms with Crippen LogP contribution in [0.4, 0.5) is 0 Å². The van der Waals surface area contributed by atoms with Crippen LogP contribution in [0.5, 0.6) is 0 Å². The van der Waals surface area contributed by atoms with Crippen LogP contribution in [0.25, 0.3) is 0 Å². The van der Waals surface area contributed by atoms with Gasteiger partial charge in [-0.05, 0) is 12.8 Å². The van der Waals surface area contributed by atoms with Crippen molar-refractivity contribution in [3.05, 3.63) is 0 Å². The summed E-state index contributed by atoms with van der Waals surface area (Å²) in [6.07, 6.45) is 1.07. The van der Waals surface area contributed by atoms with Crippen molar-refractivity contribution in [3.8, 4) is 0 Å². The second-order valence-corrected chi connectivity index (χ2v) is 2.76. The zero-order chi connectivity index (χ0) is 7.98. The number of hydrogen-bond donors (Lipinski definition) is 1. The van der Waals surface area contributed by atoms with Crippen LogP contribution in [0.1, 0.15) is 12.8 Å². The van der Waals surface area contributed by atoms with Gasteiger partial charge in [0, 0.05) is 0 Å². The van der Waals surface area contributed by atoms with Crippen LogP contribution in [-0.4, -0.2) is 20.4 Å². The molecule has 0 aromatic heterocycles. The van der Waals surface area contributed by atoms with Gasteiger partial charge in [-0.1, -0.05) is 12.2 Å². The third-order valence-corrected chi connectivity index (χ3v) is 1.31. The van der Waals surface area contributed by atoms with Gasteiger partial charge in [-0.3, -0.25) is 0 Å². The van der Waals surface area contributed by atoms with Crippen LogP contribution in [0.15, 0.2) is 0 Å². The summed E-state index contributed by atoms with van der Waals surface area (Å²) in [4.78, 5) is 0.375. The summed E-state index contributed by atoms with van der Waals surface area (Å²) in [5, 5.41) is 0. The number of rotatable bonds is 5. The van der Waals surface area contributed by atoms with Crippen molar-refractivity contribution in [1.82, 2.24) is 0 Å². The lowest BCUT2D eigenvalue weighted by Crippen LogP contribution is -2.09. The molecular weight excluding hydrogens is 174 g/mol. The Morgan fingerprint density at radius 3 is 2.80 bits per heavy atom. The molecule has 6 heteroatoms. The summed E-state index contributed by atoms with van der Waals surface area (Å²) < 4.78 is 23.7. The number of thiocarbonyl (C=S) groups is 1. The molecule has 0 saturated carbocycles. The Balaban J connectivity index is 3.06. The number of hydrogen-bond acceptors (Lipinski definition) is 4. The Hall–Kier alpha value is -0.0400. The average Bonchev–Trinajstić information content (AvgIpc) is 1.79. The Labute approximate surface area is 67.2 Å². The molecule has 0 saturated heterocycles. The molecule has 0 amide bonds. The molecule has 4 nitrogen and oxygen atoms in total. The van der Waals surface area contributed by atoms with Crippen molar-refractivity contribution in [1.29, 1.82) is 0 Å². The molecule has 0 rings (SSSR count). The van der Waals surface area contributed by atoms with E-state index >= 15 is 0 Å². The lowest BCUT2D eigenvalue weighted by molar-refractivity contribution is 0.298. The fourth-order valence-corrected chi connectivity index (χ4v) is 0.772. The molecule has 0 radical (unpaired) electrons. The first kappa shape index (κ1) is 9.96. The lowest BCUT2D eigenvalue weighted by atomic mass is 10.3. The van der Waals surface area contributed by atoms with Crippen molar-refractivity contribution < 1.29 is 12.9 Å². The highest BCUT2D eigenvalue weighted by molar-refractivity contribution is 7.80. The molecule has 2 N–H and O–H groups in total. The molecule has 0 fully saturated rings. The van der Waals surface area contributed by atoms with Crippen molar-refractivity contribution in [2.75, 3.05) is 6.61 Å². The average molecular weight is 182 g/mol. The minimum absolute atomic E-state index is 0.146. The van der Waals surface area contributed by atoms with Gasteiger partial charge in [-0.15, -0.1) is 0 Å². The molecule has 0 heterocycles. The highest BCUT2D eigenvalue weighted by Gasteiger charge is 1.90. The van der Waals surface area contributed by atoms with Crippen LogP contribution in [0.2, 0.25) is 0 Å². The highest BCUT2D eigenvalue weighted by atomic mass is 32.2. The van der Waals surface area contributed by atoms with Crippen molar-refractivity contribution in [2.45, 2.75) is 12.8 Å². The van der Waals surface area contributed by atoms with Crippen LogP contribution >= 0.6 is 12.2 Å². The maximum Gasteiger partial charge on any atom is 0.0842 e. The normalized spacial score (nSPS) is 12.9. The molecule has 0 spiro atoms. The first-order valence-corrected chi connectivity index (χ1v) is 4.04. The van der Waals surface area contributed by atoms with E-state index in [9.17, 15) is 8.76 Å². The standard InChI is InChI=1S/C4H9NO3S2/c5-4(9)2-1-3-8-10(6)7/h1-3H2,(H2,5,9)(H,6,7)/p-1. The molecule has 0 aliphatic carbocycles. The molecule has 0 aromatic rings. The van der Waals surface area contributed by atoms with E-state index in [0.717, 1.165) is 0 Å². The van der Waals surface area contributed by atoms with Gasteiger partial charge in [-0.2, -0.15) is 0 Å². The smallest absolute Gasteiger partial charge is 0.0842 e. The van der Waals surface area contributed by atoms with Gasteiger partial charge in [-0.25, -0.2) is 4.21 Å². The zero-order valence-electron chi connectivity index (χ0n) is 5.24. The van der Waals surface area contributed by atoms with Crippen LogP contribution in [0, 0.1) is 0 Å². The minimum Gasteiger partial charge on any atom is -0.750 e. The van der Waals surface area contributed by atoms with Crippen LogP contribution in [-0.2, 0) is 15.5 Å². The third-order valence-electron chi connectivity index (χ3n) is 0.747. The summed E-state index contributed by atoms with van der Waals surface area (Å²) >= 11 is 2.13. The minimum atomic E-state index is -2.41. The third kappa shape index (κ3) is 7.96. The molecule has 0 aliphatic rings. The van der Waals surface area contributed by atoms with E-state index in [1.54, 1.807) is 0 Å². The van der Waals surface area contributed by atoms with Gasteiger partial charge in [0.2, 0.25) is 0 Å². The summed E-state index contributed by atoms with van der Waals surface area (Å²) in [7, 11) is 0. The zero-order valence-corrected chi connectivity index (χ0v) is 6.87. The van der Waals surface area contributed by atoms with E-state index in [0.29, 0.717) is 17.8 Å². The summed E-state index contributed by atoms with van der Waals surface area (Å²) in [5.41, 5.74) is 5.13.